The minimum absolute atomic E-state index is 0.150. The van der Waals surface area contributed by atoms with Crippen LogP contribution in [0.4, 0.5) is 13.2 Å². The number of hydrogen-bond acceptors (Lipinski definition) is 4. The smallest absolute Gasteiger partial charge is 0.433 e. The molecule has 0 amide bonds. The molecule has 0 saturated heterocycles. The maximum absolute atomic E-state index is 12.6. The zero-order valence-electron chi connectivity index (χ0n) is 9.17. The highest BCUT2D eigenvalue weighted by molar-refractivity contribution is 5.72. The van der Waals surface area contributed by atoms with Gasteiger partial charge in [0.05, 0.1) is 26.8 Å². The molecule has 0 N–H and O–H groups in total. The molecule has 17 heavy (non-hydrogen) atoms. The molecule has 0 radical (unpaired) electrons. The van der Waals surface area contributed by atoms with Crippen molar-refractivity contribution in [3.63, 3.8) is 0 Å². The summed E-state index contributed by atoms with van der Waals surface area (Å²) in [7, 11) is 2.40. The highest BCUT2D eigenvalue weighted by Gasteiger charge is 2.36. The van der Waals surface area contributed by atoms with E-state index in [4.69, 9.17) is 4.74 Å². The fraction of sp³-hybridized carbons (Fsp3) is 0.400. The van der Waals surface area contributed by atoms with E-state index in [1.807, 2.05) is 0 Å². The number of rotatable bonds is 3. The maximum atomic E-state index is 12.6. The molecular formula is C10H10F3NO3. The molecule has 1 aromatic rings. The van der Waals surface area contributed by atoms with E-state index < -0.39 is 24.3 Å². The summed E-state index contributed by atoms with van der Waals surface area (Å²) in [6.45, 7) is 0. The van der Waals surface area contributed by atoms with Crippen molar-refractivity contribution in [1.82, 2.24) is 4.98 Å². The van der Waals surface area contributed by atoms with E-state index in [0.29, 0.717) is 0 Å². The summed E-state index contributed by atoms with van der Waals surface area (Å²) < 4.78 is 46.8. The van der Waals surface area contributed by atoms with Gasteiger partial charge in [0, 0.05) is 0 Å². The third-order valence-corrected chi connectivity index (χ3v) is 2.01. The zero-order valence-corrected chi connectivity index (χ0v) is 9.17. The van der Waals surface area contributed by atoms with Gasteiger partial charge in [0.1, 0.15) is 11.4 Å². The number of hydrogen-bond donors (Lipinski definition) is 0. The average Bonchev–Trinajstić information content (AvgIpc) is 2.27. The van der Waals surface area contributed by atoms with Gasteiger partial charge < -0.3 is 9.47 Å². The number of esters is 1. The second-order valence-electron chi connectivity index (χ2n) is 3.13. The van der Waals surface area contributed by atoms with Crippen LogP contribution in [0.1, 0.15) is 11.3 Å². The molecule has 0 spiro atoms. The number of ether oxygens (including phenoxy) is 2. The first-order valence-corrected chi connectivity index (χ1v) is 4.55. The van der Waals surface area contributed by atoms with E-state index >= 15 is 0 Å². The normalized spacial score (nSPS) is 11.1. The molecule has 0 aliphatic heterocycles. The van der Waals surface area contributed by atoms with Gasteiger partial charge in [-0.1, -0.05) is 0 Å². The Morgan fingerprint density at radius 2 is 2.06 bits per heavy atom. The molecule has 0 aromatic carbocycles. The Bertz CT molecular complexity index is 418. The molecule has 94 valence electrons. The lowest BCUT2D eigenvalue weighted by Gasteiger charge is -2.12. The number of carbonyl (C=O) groups is 1. The Labute approximate surface area is 95.4 Å². The molecule has 1 heterocycles. The first-order chi connectivity index (χ1) is 7.88. The minimum atomic E-state index is -4.62. The van der Waals surface area contributed by atoms with E-state index in [2.05, 4.69) is 9.72 Å². The molecule has 0 aliphatic carbocycles. The largest absolute Gasteiger partial charge is 0.495 e. The number of methoxy groups -OCH3 is 2. The molecule has 7 heteroatoms. The lowest BCUT2D eigenvalue weighted by Crippen LogP contribution is -2.15. The molecule has 0 aliphatic rings. The standard InChI is InChI=1S/C10H10F3NO3/c1-16-7-3-6(4-8(15)17-2)9(14-5-7)10(11,12)13/h3,5H,4H2,1-2H3. The lowest BCUT2D eigenvalue weighted by atomic mass is 10.1. The summed E-state index contributed by atoms with van der Waals surface area (Å²) in [6, 6.07) is 1.12. The monoisotopic (exact) mass is 249 g/mol. The Balaban J connectivity index is 3.16. The summed E-state index contributed by atoms with van der Waals surface area (Å²) in [6.07, 6.45) is -4.17. The quantitative estimate of drug-likeness (QED) is 0.767. The fourth-order valence-corrected chi connectivity index (χ4v) is 1.22. The highest BCUT2D eigenvalue weighted by atomic mass is 19.4. The molecule has 1 aromatic heterocycles. The van der Waals surface area contributed by atoms with Crippen molar-refractivity contribution >= 4 is 5.97 Å². The average molecular weight is 249 g/mol. The van der Waals surface area contributed by atoms with Gasteiger partial charge in [0.15, 0.2) is 0 Å². The van der Waals surface area contributed by atoms with Crippen LogP contribution in [0, 0.1) is 0 Å². The third-order valence-electron chi connectivity index (χ3n) is 2.01. The third kappa shape index (κ3) is 3.33. The molecular weight excluding hydrogens is 239 g/mol. The van der Waals surface area contributed by atoms with Gasteiger partial charge in [-0.2, -0.15) is 13.2 Å². The van der Waals surface area contributed by atoms with Gasteiger partial charge in [0.25, 0.3) is 0 Å². The van der Waals surface area contributed by atoms with Crippen molar-refractivity contribution < 1.29 is 27.4 Å². The van der Waals surface area contributed by atoms with Gasteiger partial charge in [-0.05, 0) is 11.6 Å². The zero-order chi connectivity index (χ0) is 13.1. The van der Waals surface area contributed by atoms with Crippen LogP contribution in [0.3, 0.4) is 0 Å². The van der Waals surface area contributed by atoms with Gasteiger partial charge in [-0.25, -0.2) is 4.98 Å². The van der Waals surface area contributed by atoms with E-state index in [1.54, 1.807) is 0 Å². The molecule has 0 unspecified atom stereocenters. The van der Waals surface area contributed by atoms with E-state index in [1.165, 1.54) is 7.11 Å². The second kappa shape index (κ2) is 5.03. The molecule has 0 saturated carbocycles. The van der Waals surface area contributed by atoms with Gasteiger partial charge in [0.2, 0.25) is 0 Å². The Hall–Kier alpha value is -1.79. The van der Waals surface area contributed by atoms with Crippen LogP contribution in [0.15, 0.2) is 12.3 Å². The van der Waals surface area contributed by atoms with E-state index in [-0.39, 0.29) is 11.3 Å². The Morgan fingerprint density at radius 1 is 1.41 bits per heavy atom. The van der Waals surface area contributed by atoms with E-state index in [9.17, 15) is 18.0 Å². The topological polar surface area (TPSA) is 48.4 Å². The van der Waals surface area contributed by atoms with Crippen LogP contribution in [-0.4, -0.2) is 25.2 Å². The van der Waals surface area contributed by atoms with Crippen molar-refractivity contribution in [2.45, 2.75) is 12.6 Å². The van der Waals surface area contributed by atoms with Crippen LogP contribution >= 0.6 is 0 Å². The van der Waals surface area contributed by atoms with Gasteiger partial charge in [-0.15, -0.1) is 0 Å². The lowest BCUT2D eigenvalue weighted by molar-refractivity contribution is -0.143. The number of carbonyl (C=O) groups excluding carboxylic acids is 1. The van der Waals surface area contributed by atoms with Crippen molar-refractivity contribution in [3.05, 3.63) is 23.5 Å². The van der Waals surface area contributed by atoms with Crippen LogP contribution in [0.5, 0.6) is 5.75 Å². The van der Waals surface area contributed by atoms with Gasteiger partial charge in [-0.3, -0.25) is 4.79 Å². The van der Waals surface area contributed by atoms with Crippen LogP contribution in [-0.2, 0) is 22.1 Å². The van der Waals surface area contributed by atoms with E-state index in [0.717, 1.165) is 19.4 Å². The summed E-state index contributed by atoms with van der Waals surface area (Å²) in [5.41, 5.74) is -1.38. The SMILES string of the molecule is COC(=O)Cc1cc(OC)cnc1C(F)(F)F. The molecule has 1 rings (SSSR count). The van der Waals surface area contributed by atoms with Crippen molar-refractivity contribution in [1.29, 1.82) is 0 Å². The predicted octanol–water partition coefficient (Wildman–Crippen LogP) is 1.82. The molecule has 4 nitrogen and oxygen atoms in total. The highest BCUT2D eigenvalue weighted by Crippen LogP contribution is 2.32. The first kappa shape index (κ1) is 13.3. The first-order valence-electron chi connectivity index (χ1n) is 4.55. The number of alkyl halides is 3. The number of aromatic nitrogens is 1. The van der Waals surface area contributed by atoms with Gasteiger partial charge >= 0.3 is 12.1 Å². The number of halogens is 3. The fourth-order valence-electron chi connectivity index (χ4n) is 1.22. The number of nitrogens with zero attached hydrogens (tertiary/aromatic N) is 1. The Kier molecular flexibility index (Phi) is 3.93. The van der Waals surface area contributed by atoms with Crippen LogP contribution < -0.4 is 4.74 Å². The maximum Gasteiger partial charge on any atom is 0.433 e. The summed E-state index contributed by atoms with van der Waals surface area (Å²) in [5, 5.41) is 0. The van der Waals surface area contributed by atoms with Crippen molar-refractivity contribution in [2.24, 2.45) is 0 Å². The summed E-state index contributed by atoms with van der Waals surface area (Å²) >= 11 is 0. The second-order valence-corrected chi connectivity index (χ2v) is 3.13. The predicted molar refractivity (Wildman–Crippen MR) is 51.5 cm³/mol. The molecule has 0 bridgehead atoms. The van der Waals surface area contributed by atoms with Crippen molar-refractivity contribution in [2.75, 3.05) is 14.2 Å². The summed E-state index contributed by atoms with van der Waals surface area (Å²) in [4.78, 5) is 14.3. The molecule has 0 fully saturated rings. The van der Waals surface area contributed by atoms with Crippen LogP contribution in [0.2, 0.25) is 0 Å². The molecule has 0 atom stereocenters. The minimum Gasteiger partial charge on any atom is -0.495 e. The summed E-state index contributed by atoms with van der Waals surface area (Å²) in [5.74, 6) is -0.623. The van der Waals surface area contributed by atoms with Crippen LogP contribution in [0.25, 0.3) is 0 Å². The van der Waals surface area contributed by atoms with Crippen molar-refractivity contribution in [3.8, 4) is 5.75 Å². The Morgan fingerprint density at radius 3 is 2.53 bits per heavy atom. The number of pyridine rings is 1.